The van der Waals surface area contributed by atoms with Gasteiger partial charge in [-0.1, -0.05) is 0 Å². The molecule has 6 heteroatoms. The summed E-state index contributed by atoms with van der Waals surface area (Å²) in [5, 5.41) is 6.99. The lowest BCUT2D eigenvalue weighted by molar-refractivity contribution is 0.0431. The van der Waals surface area contributed by atoms with Gasteiger partial charge in [-0.3, -0.25) is 9.48 Å². The summed E-state index contributed by atoms with van der Waals surface area (Å²) in [5.41, 5.74) is 0.197. The highest BCUT2D eigenvalue weighted by atomic mass is 35.5. The van der Waals surface area contributed by atoms with Crippen molar-refractivity contribution in [3.05, 3.63) is 18.0 Å². The standard InChI is InChI=1S/C11H16ClN3O2/c1-15-9(2-5-13-15)10(16)14-11(8-12)3-6-17-7-4-11/h2,5H,3-4,6-8H2,1H3,(H,14,16). The van der Waals surface area contributed by atoms with Crippen molar-refractivity contribution in [3.63, 3.8) is 0 Å². The molecule has 1 aliphatic rings. The van der Waals surface area contributed by atoms with E-state index in [9.17, 15) is 4.79 Å². The number of carbonyl (C=O) groups excluding carboxylic acids is 1. The van der Waals surface area contributed by atoms with Crippen LogP contribution < -0.4 is 5.32 Å². The fraction of sp³-hybridized carbons (Fsp3) is 0.636. The molecule has 1 aromatic rings. The molecule has 1 amide bonds. The van der Waals surface area contributed by atoms with E-state index in [2.05, 4.69) is 10.4 Å². The Morgan fingerprint density at radius 3 is 2.88 bits per heavy atom. The monoisotopic (exact) mass is 257 g/mol. The lowest BCUT2D eigenvalue weighted by Crippen LogP contribution is -2.53. The first kappa shape index (κ1) is 12.4. The molecule has 2 rings (SSSR count). The third kappa shape index (κ3) is 2.61. The molecular weight excluding hydrogens is 242 g/mol. The van der Waals surface area contributed by atoms with E-state index in [0.29, 0.717) is 24.8 Å². The molecule has 2 heterocycles. The first-order valence-electron chi connectivity index (χ1n) is 5.61. The lowest BCUT2D eigenvalue weighted by atomic mass is 9.92. The van der Waals surface area contributed by atoms with E-state index < -0.39 is 0 Å². The fourth-order valence-corrected chi connectivity index (χ4v) is 2.29. The highest BCUT2D eigenvalue weighted by Gasteiger charge is 2.34. The van der Waals surface area contributed by atoms with Gasteiger partial charge in [-0.25, -0.2) is 0 Å². The molecule has 0 atom stereocenters. The van der Waals surface area contributed by atoms with Gasteiger partial charge in [-0.05, 0) is 18.9 Å². The van der Waals surface area contributed by atoms with E-state index in [1.807, 2.05) is 0 Å². The zero-order valence-electron chi connectivity index (χ0n) is 9.78. The van der Waals surface area contributed by atoms with Crippen LogP contribution >= 0.6 is 11.6 Å². The van der Waals surface area contributed by atoms with Crippen LogP contribution in [0.4, 0.5) is 0 Å². The predicted octanol–water partition coefficient (Wildman–Crippen LogP) is 0.938. The summed E-state index contributed by atoms with van der Waals surface area (Å²) in [6.45, 7) is 1.27. The molecule has 0 saturated carbocycles. The molecular formula is C11H16ClN3O2. The Kier molecular flexibility index (Phi) is 3.69. The molecule has 0 aliphatic carbocycles. The summed E-state index contributed by atoms with van der Waals surface area (Å²) < 4.78 is 6.85. The summed E-state index contributed by atoms with van der Waals surface area (Å²) in [4.78, 5) is 12.1. The highest BCUT2D eigenvalue weighted by Crippen LogP contribution is 2.22. The van der Waals surface area contributed by atoms with Crippen LogP contribution in [-0.4, -0.2) is 40.3 Å². The Morgan fingerprint density at radius 2 is 2.35 bits per heavy atom. The SMILES string of the molecule is Cn1nccc1C(=O)NC1(CCl)CCOCC1. The van der Waals surface area contributed by atoms with Crippen LogP contribution in [-0.2, 0) is 11.8 Å². The molecule has 0 spiro atoms. The molecule has 94 valence electrons. The van der Waals surface area contributed by atoms with Crippen LogP contribution in [0.25, 0.3) is 0 Å². The van der Waals surface area contributed by atoms with Crippen molar-refractivity contribution in [1.29, 1.82) is 0 Å². The van der Waals surface area contributed by atoms with Crippen LogP contribution in [0.15, 0.2) is 12.3 Å². The molecule has 0 unspecified atom stereocenters. The first-order valence-corrected chi connectivity index (χ1v) is 6.14. The number of nitrogens with zero attached hydrogens (tertiary/aromatic N) is 2. The lowest BCUT2D eigenvalue weighted by Gasteiger charge is -2.36. The third-order valence-corrected chi connectivity index (χ3v) is 3.65. The highest BCUT2D eigenvalue weighted by molar-refractivity contribution is 6.19. The minimum atomic E-state index is -0.346. The van der Waals surface area contributed by atoms with Gasteiger partial charge in [0.2, 0.25) is 0 Å². The van der Waals surface area contributed by atoms with Gasteiger partial charge in [-0.2, -0.15) is 5.10 Å². The van der Waals surface area contributed by atoms with Crippen LogP contribution in [0, 0.1) is 0 Å². The minimum Gasteiger partial charge on any atom is -0.381 e. The van der Waals surface area contributed by atoms with Crippen LogP contribution in [0.5, 0.6) is 0 Å². The summed E-state index contributed by atoms with van der Waals surface area (Å²) in [6.07, 6.45) is 3.10. The number of rotatable bonds is 3. The Labute approximate surface area is 105 Å². The van der Waals surface area contributed by atoms with Gasteiger partial charge in [0.25, 0.3) is 5.91 Å². The summed E-state index contributed by atoms with van der Waals surface area (Å²) in [6, 6.07) is 1.69. The second-order valence-electron chi connectivity index (χ2n) is 4.32. The second-order valence-corrected chi connectivity index (χ2v) is 4.59. The van der Waals surface area contributed by atoms with Crippen LogP contribution in [0.1, 0.15) is 23.3 Å². The number of carbonyl (C=O) groups is 1. The number of alkyl halides is 1. The predicted molar refractivity (Wildman–Crippen MR) is 64.2 cm³/mol. The Morgan fingerprint density at radius 1 is 1.65 bits per heavy atom. The number of ether oxygens (including phenoxy) is 1. The van der Waals surface area contributed by atoms with Crippen molar-refractivity contribution in [3.8, 4) is 0 Å². The van der Waals surface area contributed by atoms with Gasteiger partial charge in [0.05, 0.1) is 5.54 Å². The molecule has 1 N–H and O–H groups in total. The average Bonchev–Trinajstić information content (AvgIpc) is 2.77. The smallest absolute Gasteiger partial charge is 0.270 e. The van der Waals surface area contributed by atoms with Crippen molar-refractivity contribution >= 4 is 17.5 Å². The van der Waals surface area contributed by atoms with Gasteiger partial charge in [0.1, 0.15) is 5.69 Å². The van der Waals surface area contributed by atoms with Crippen molar-refractivity contribution in [2.24, 2.45) is 7.05 Å². The van der Waals surface area contributed by atoms with E-state index in [1.165, 1.54) is 0 Å². The number of hydrogen-bond acceptors (Lipinski definition) is 3. The fourth-order valence-electron chi connectivity index (χ4n) is 1.96. The number of nitrogens with one attached hydrogen (secondary N) is 1. The third-order valence-electron chi connectivity index (χ3n) is 3.14. The number of aromatic nitrogens is 2. The molecule has 0 radical (unpaired) electrons. The summed E-state index contributed by atoms with van der Waals surface area (Å²) in [7, 11) is 1.74. The molecule has 0 bridgehead atoms. The Bertz CT molecular complexity index is 399. The summed E-state index contributed by atoms with van der Waals surface area (Å²) >= 11 is 5.99. The molecule has 1 aliphatic heterocycles. The topological polar surface area (TPSA) is 56.2 Å². The van der Waals surface area contributed by atoms with E-state index >= 15 is 0 Å². The van der Waals surface area contributed by atoms with E-state index in [0.717, 1.165) is 12.8 Å². The molecule has 1 aromatic heterocycles. The van der Waals surface area contributed by atoms with Gasteiger partial charge in [0, 0.05) is 32.3 Å². The molecule has 1 fully saturated rings. The van der Waals surface area contributed by atoms with E-state index in [4.69, 9.17) is 16.3 Å². The van der Waals surface area contributed by atoms with Crippen LogP contribution in [0.2, 0.25) is 0 Å². The van der Waals surface area contributed by atoms with Crippen molar-refractivity contribution in [2.75, 3.05) is 19.1 Å². The number of hydrogen-bond donors (Lipinski definition) is 1. The zero-order valence-corrected chi connectivity index (χ0v) is 10.5. The van der Waals surface area contributed by atoms with E-state index in [1.54, 1.807) is 24.0 Å². The normalized spacial score (nSPS) is 18.9. The second kappa shape index (κ2) is 5.06. The van der Waals surface area contributed by atoms with Gasteiger partial charge in [0.15, 0.2) is 0 Å². The van der Waals surface area contributed by atoms with Gasteiger partial charge < -0.3 is 10.1 Å². The quantitative estimate of drug-likeness (QED) is 0.820. The average molecular weight is 258 g/mol. The van der Waals surface area contributed by atoms with Crippen molar-refractivity contribution in [2.45, 2.75) is 18.4 Å². The van der Waals surface area contributed by atoms with Crippen molar-refractivity contribution in [1.82, 2.24) is 15.1 Å². The van der Waals surface area contributed by atoms with E-state index in [-0.39, 0.29) is 11.4 Å². The maximum absolute atomic E-state index is 12.1. The molecule has 0 aromatic carbocycles. The Balaban J connectivity index is 2.08. The molecule has 17 heavy (non-hydrogen) atoms. The summed E-state index contributed by atoms with van der Waals surface area (Å²) in [5.74, 6) is 0.271. The van der Waals surface area contributed by atoms with Crippen LogP contribution in [0.3, 0.4) is 0 Å². The van der Waals surface area contributed by atoms with Crippen molar-refractivity contribution < 1.29 is 9.53 Å². The zero-order chi connectivity index (χ0) is 12.3. The molecule has 1 saturated heterocycles. The number of amides is 1. The maximum Gasteiger partial charge on any atom is 0.270 e. The Hall–Kier alpha value is -1.07. The van der Waals surface area contributed by atoms with Gasteiger partial charge >= 0.3 is 0 Å². The number of halogens is 1. The molecule has 5 nitrogen and oxygen atoms in total. The minimum absolute atomic E-state index is 0.132. The van der Waals surface area contributed by atoms with Gasteiger partial charge in [-0.15, -0.1) is 11.6 Å². The first-order chi connectivity index (χ1) is 8.17. The largest absolute Gasteiger partial charge is 0.381 e. The maximum atomic E-state index is 12.1. The number of aryl methyl sites for hydroxylation is 1.